The SMILES string of the molecule is CCc1nc(CC)n(-c2nc(N)nc(Cl)n2)n1. The summed E-state index contributed by atoms with van der Waals surface area (Å²) < 4.78 is 1.54. The van der Waals surface area contributed by atoms with Crippen LogP contribution in [0.25, 0.3) is 5.95 Å². The first-order valence-electron chi connectivity index (χ1n) is 5.26. The summed E-state index contributed by atoms with van der Waals surface area (Å²) in [4.78, 5) is 16.0. The van der Waals surface area contributed by atoms with Crippen LogP contribution < -0.4 is 5.73 Å². The van der Waals surface area contributed by atoms with Gasteiger partial charge < -0.3 is 5.73 Å². The molecule has 0 fully saturated rings. The van der Waals surface area contributed by atoms with E-state index in [0.29, 0.717) is 5.95 Å². The zero-order valence-electron chi connectivity index (χ0n) is 9.55. The predicted molar refractivity (Wildman–Crippen MR) is 62.9 cm³/mol. The van der Waals surface area contributed by atoms with Crippen LogP contribution >= 0.6 is 11.6 Å². The molecule has 17 heavy (non-hydrogen) atoms. The molecule has 0 aromatic carbocycles. The highest BCUT2D eigenvalue weighted by atomic mass is 35.5. The van der Waals surface area contributed by atoms with Crippen molar-refractivity contribution < 1.29 is 0 Å². The van der Waals surface area contributed by atoms with Crippen molar-refractivity contribution in [3.63, 3.8) is 0 Å². The van der Waals surface area contributed by atoms with Crippen LogP contribution in [0, 0.1) is 0 Å². The largest absolute Gasteiger partial charge is 0.368 e. The van der Waals surface area contributed by atoms with Gasteiger partial charge in [0.1, 0.15) is 5.82 Å². The van der Waals surface area contributed by atoms with Crippen molar-refractivity contribution >= 4 is 17.5 Å². The van der Waals surface area contributed by atoms with E-state index in [2.05, 4.69) is 25.0 Å². The van der Waals surface area contributed by atoms with E-state index in [4.69, 9.17) is 17.3 Å². The van der Waals surface area contributed by atoms with E-state index in [9.17, 15) is 0 Å². The Hall–Kier alpha value is -1.76. The Morgan fingerprint density at radius 1 is 1.12 bits per heavy atom. The van der Waals surface area contributed by atoms with Gasteiger partial charge in [-0.15, -0.1) is 5.10 Å². The van der Waals surface area contributed by atoms with Gasteiger partial charge in [-0.1, -0.05) is 13.8 Å². The van der Waals surface area contributed by atoms with Crippen molar-refractivity contribution in [1.29, 1.82) is 0 Å². The predicted octanol–water partition coefficient (Wildman–Crippen LogP) is 0.813. The van der Waals surface area contributed by atoms with Crippen LogP contribution in [0.5, 0.6) is 0 Å². The van der Waals surface area contributed by atoms with Crippen molar-refractivity contribution in [2.24, 2.45) is 0 Å². The minimum atomic E-state index is 0.0445. The number of aryl methyl sites for hydroxylation is 2. The molecule has 0 spiro atoms. The summed E-state index contributed by atoms with van der Waals surface area (Å²) in [6.45, 7) is 3.96. The molecule has 2 aromatic heterocycles. The molecule has 0 saturated heterocycles. The molecule has 0 bridgehead atoms. The number of rotatable bonds is 3. The fourth-order valence-corrected chi connectivity index (χ4v) is 1.54. The smallest absolute Gasteiger partial charge is 0.258 e. The Balaban J connectivity index is 2.54. The topological polar surface area (TPSA) is 95.4 Å². The Kier molecular flexibility index (Phi) is 3.19. The van der Waals surface area contributed by atoms with Crippen molar-refractivity contribution in [3.8, 4) is 5.95 Å². The van der Waals surface area contributed by atoms with E-state index in [1.807, 2.05) is 13.8 Å². The van der Waals surface area contributed by atoms with E-state index in [-0.39, 0.29) is 11.2 Å². The maximum atomic E-state index is 5.73. The zero-order valence-corrected chi connectivity index (χ0v) is 10.3. The molecule has 2 N–H and O–H groups in total. The third kappa shape index (κ3) is 2.33. The Labute approximate surface area is 103 Å². The maximum absolute atomic E-state index is 5.73. The number of halogens is 1. The van der Waals surface area contributed by atoms with E-state index in [1.54, 1.807) is 4.68 Å². The Bertz CT molecular complexity index is 516. The third-order valence-electron chi connectivity index (χ3n) is 2.15. The van der Waals surface area contributed by atoms with Gasteiger partial charge >= 0.3 is 0 Å². The number of anilines is 1. The molecule has 90 valence electrons. The monoisotopic (exact) mass is 253 g/mol. The average molecular weight is 254 g/mol. The molecule has 0 radical (unpaired) electrons. The van der Waals surface area contributed by atoms with Gasteiger partial charge in [0, 0.05) is 12.8 Å². The van der Waals surface area contributed by atoms with Gasteiger partial charge in [0.15, 0.2) is 5.82 Å². The summed E-state index contributed by atoms with van der Waals surface area (Å²) in [5.74, 6) is 1.86. The van der Waals surface area contributed by atoms with Crippen molar-refractivity contribution in [1.82, 2.24) is 29.7 Å². The molecule has 0 unspecified atom stereocenters. The van der Waals surface area contributed by atoms with Crippen molar-refractivity contribution in [3.05, 3.63) is 16.9 Å². The summed E-state index contributed by atoms with van der Waals surface area (Å²) >= 11 is 5.73. The molecule has 0 amide bonds. The lowest BCUT2D eigenvalue weighted by molar-refractivity contribution is 0.738. The number of hydrogen-bond donors (Lipinski definition) is 1. The first-order valence-corrected chi connectivity index (χ1v) is 5.64. The van der Waals surface area contributed by atoms with Gasteiger partial charge in [0.2, 0.25) is 11.2 Å². The van der Waals surface area contributed by atoms with E-state index < -0.39 is 0 Å². The molecule has 0 aliphatic heterocycles. The van der Waals surface area contributed by atoms with Crippen molar-refractivity contribution in [2.45, 2.75) is 26.7 Å². The van der Waals surface area contributed by atoms with Gasteiger partial charge in [-0.3, -0.25) is 0 Å². The van der Waals surface area contributed by atoms with Gasteiger partial charge in [0.25, 0.3) is 5.95 Å². The number of nitrogen functional groups attached to an aromatic ring is 1. The summed E-state index contributed by atoms with van der Waals surface area (Å²) in [5.41, 5.74) is 5.52. The van der Waals surface area contributed by atoms with E-state index >= 15 is 0 Å². The highest BCUT2D eigenvalue weighted by molar-refractivity contribution is 6.28. The second-order valence-electron chi connectivity index (χ2n) is 3.33. The Morgan fingerprint density at radius 2 is 1.88 bits per heavy atom. The molecule has 2 heterocycles. The molecule has 2 aromatic rings. The fourth-order valence-electron chi connectivity index (χ4n) is 1.38. The van der Waals surface area contributed by atoms with Crippen LogP contribution in [0.3, 0.4) is 0 Å². The Morgan fingerprint density at radius 3 is 2.47 bits per heavy atom. The van der Waals surface area contributed by atoms with Crippen LogP contribution in [0.4, 0.5) is 5.95 Å². The first kappa shape index (κ1) is 11.7. The highest BCUT2D eigenvalue weighted by Gasteiger charge is 2.12. The van der Waals surface area contributed by atoms with Gasteiger partial charge in [-0.25, -0.2) is 4.98 Å². The van der Waals surface area contributed by atoms with Crippen LogP contribution in [0.2, 0.25) is 5.28 Å². The number of hydrogen-bond acceptors (Lipinski definition) is 6. The molecule has 0 atom stereocenters. The van der Waals surface area contributed by atoms with Crippen LogP contribution in [-0.4, -0.2) is 29.7 Å². The minimum absolute atomic E-state index is 0.0445. The second kappa shape index (κ2) is 4.62. The number of aromatic nitrogens is 6. The lowest BCUT2D eigenvalue weighted by atomic mass is 10.4. The molecular weight excluding hydrogens is 242 g/mol. The molecule has 8 heteroatoms. The zero-order chi connectivity index (χ0) is 12.4. The molecule has 2 rings (SSSR count). The highest BCUT2D eigenvalue weighted by Crippen LogP contribution is 2.10. The van der Waals surface area contributed by atoms with E-state index in [0.717, 1.165) is 24.5 Å². The van der Waals surface area contributed by atoms with Crippen molar-refractivity contribution in [2.75, 3.05) is 5.73 Å². The third-order valence-corrected chi connectivity index (χ3v) is 2.32. The van der Waals surface area contributed by atoms with Gasteiger partial charge in [0.05, 0.1) is 0 Å². The summed E-state index contributed by atoms with van der Waals surface area (Å²) in [7, 11) is 0. The van der Waals surface area contributed by atoms with E-state index in [1.165, 1.54) is 0 Å². The summed E-state index contributed by atoms with van der Waals surface area (Å²) in [5, 5.41) is 4.34. The fraction of sp³-hybridized carbons (Fsp3) is 0.444. The number of nitrogens with two attached hydrogens (primary N) is 1. The van der Waals surface area contributed by atoms with Crippen LogP contribution in [0.1, 0.15) is 25.5 Å². The summed E-state index contributed by atoms with van der Waals surface area (Å²) in [6, 6.07) is 0. The first-order chi connectivity index (χ1) is 8.13. The van der Waals surface area contributed by atoms with Crippen LogP contribution in [-0.2, 0) is 12.8 Å². The molecule has 0 aliphatic carbocycles. The average Bonchev–Trinajstić information content (AvgIpc) is 2.70. The molecule has 0 aliphatic rings. The maximum Gasteiger partial charge on any atom is 0.258 e. The lowest BCUT2D eigenvalue weighted by Crippen LogP contribution is -2.10. The standard InChI is InChI=1S/C9H12ClN7/c1-3-5-12-6(4-2)17(16-5)9-14-7(10)13-8(11)15-9/h3-4H2,1-2H3,(H2,11,13,14,15). The molecular formula is C9H12ClN7. The lowest BCUT2D eigenvalue weighted by Gasteiger charge is -2.02. The number of nitrogens with zero attached hydrogens (tertiary/aromatic N) is 6. The molecule has 7 nitrogen and oxygen atoms in total. The molecule has 0 saturated carbocycles. The van der Waals surface area contributed by atoms with Gasteiger partial charge in [-0.2, -0.15) is 19.6 Å². The van der Waals surface area contributed by atoms with Crippen LogP contribution in [0.15, 0.2) is 0 Å². The minimum Gasteiger partial charge on any atom is -0.368 e. The second-order valence-corrected chi connectivity index (χ2v) is 3.66. The van der Waals surface area contributed by atoms with Gasteiger partial charge in [-0.05, 0) is 11.6 Å². The summed E-state index contributed by atoms with van der Waals surface area (Å²) in [6.07, 6.45) is 1.46. The normalized spacial score (nSPS) is 10.8. The quantitative estimate of drug-likeness (QED) is 0.870.